The molecule has 1 unspecified atom stereocenters. The minimum atomic E-state index is -4.38. The lowest BCUT2D eigenvalue weighted by atomic mass is 10.2. The summed E-state index contributed by atoms with van der Waals surface area (Å²) in [7, 11) is 0. The zero-order valence-corrected chi connectivity index (χ0v) is 9.64. The van der Waals surface area contributed by atoms with Gasteiger partial charge in [0.25, 0.3) is 0 Å². The van der Waals surface area contributed by atoms with Crippen LogP contribution in [0.5, 0.6) is 5.75 Å². The Bertz CT molecular complexity index is 388. The van der Waals surface area contributed by atoms with Gasteiger partial charge in [0.2, 0.25) is 0 Å². The highest BCUT2D eigenvalue weighted by molar-refractivity contribution is 9.10. The quantitative estimate of drug-likeness (QED) is 0.799. The first-order chi connectivity index (χ1) is 7.47. The smallest absolute Gasteiger partial charge is 0.417 e. The largest absolute Gasteiger partial charge is 0.491 e. The highest BCUT2D eigenvalue weighted by atomic mass is 79.9. The number of alkyl halides is 3. The van der Waals surface area contributed by atoms with E-state index in [0.29, 0.717) is 13.2 Å². The number of rotatable bonds is 3. The summed E-state index contributed by atoms with van der Waals surface area (Å²) in [5, 5.41) is 0. The van der Waals surface area contributed by atoms with Crippen molar-refractivity contribution in [3.63, 3.8) is 0 Å². The molecule has 1 atom stereocenters. The fourth-order valence-electron chi connectivity index (χ4n) is 1.16. The zero-order chi connectivity index (χ0) is 11.8. The van der Waals surface area contributed by atoms with Crippen molar-refractivity contribution in [1.82, 2.24) is 0 Å². The topological polar surface area (TPSA) is 21.8 Å². The van der Waals surface area contributed by atoms with Crippen molar-refractivity contribution in [1.29, 1.82) is 0 Å². The molecule has 1 aromatic rings. The molecule has 0 radical (unpaired) electrons. The summed E-state index contributed by atoms with van der Waals surface area (Å²) >= 11 is 2.86. The minimum Gasteiger partial charge on any atom is -0.491 e. The lowest BCUT2D eigenvalue weighted by molar-refractivity contribution is -0.138. The number of epoxide rings is 1. The molecule has 0 bridgehead atoms. The van der Waals surface area contributed by atoms with E-state index in [0.717, 1.165) is 6.07 Å². The summed E-state index contributed by atoms with van der Waals surface area (Å²) in [4.78, 5) is 0. The van der Waals surface area contributed by atoms with E-state index in [1.165, 1.54) is 12.1 Å². The number of hydrogen-bond donors (Lipinski definition) is 0. The SMILES string of the molecule is FC(F)(F)c1cc(OCC2CO2)ccc1Br. The fourth-order valence-corrected chi connectivity index (χ4v) is 1.64. The van der Waals surface area contributed by atoms with Gasteiger partial charge in [-0.3, -0.25) is 0 Å². The average molecular weight is 297 g/mol. The van der Waals surface area contributed by atoms with E-state index >= 15 is 0 Å². The summed E-state index contributed by atoms with van der Waals surface area (Å²) in [6.45, 7) is 0.904. The molecule has 1 heterocycles. The number of halogens is 4. The fraction of sp³-hybridized carbons (Fsp3) is 0.400. The van der Waals surface area contributed by atoms with Crippen molar-refractivity contribution in [3.05, 3.63) is 28.2 Å². The van der Waals surface area contributed by atoms with E-state index in [9.17, 15) is 13.2 Å². The normalized spacial score (nSPS) is 19.6. The predicted octanol–water partition coefficient (Wildman–Crippen LogP) is 3.25. The molecule has 0 spiro atoms. The molecule has 0 aromatic heterocycles. The van der Waals surface area contributed by atoms with E-state index in [4.69, 9.17) is 9.47 Å². The molecule has 0 saturated carbocycles. The molecule has 0 N–H and O–H groups in total. The van der Waals surface area contributed by atoms with Crippen LogP contribution in [0.1, 0.15) is 5.56 Å². The van der Waals surface area contributed by atoms with E-state index in [1.54, 1.807) is 0 Å². The Morgan fingerprint density at radius 3 is 2.69 bits per heavy atom. The molecule has 0 amide bonds. The molecule has 16 heavy (non-hydrogen) atoms. The molecular formula is C10H8BrF3O2. The first kappa shape index (κ1) is 11.7. The van der Waals surface area contributed by atoms with Crippen molar-refractivity contribution in [2.75, 3.05) is 13.2 Å². The second-order valence-electron chi connectivity index (χ2n) is 3.41. The Labute approximate surface area is 98.5 Å². The maximum Gasteiger partial charge on any atom is 0.417 e. The lowest BCUT2D eigenvalue weighted by Crippen LogP contribution is -2.08. The predicted molar refractivity (Wildman–Crippen MR) is 54.4 cm³/mol. The molecule has 2 nitrogen and oxygen atoms in total. The van der Waals surface area contributed by atoms with E-state index < -0.39 is 11.7 Å². The van der Waals surface area contributed by atoms with Gasteiger partial charge in [0.1, 0.15) is 18.5 Å². The van der Waals surface area contributed by atoms with Crippen molar-refractivity contribution in [3.8, 4) is 5.75 Å². The summed E-state index contributed by atoms with van der Waals surface area (Å²) in [6.07, 6.45) is -4.35. The van der Waals surface area contributed by atoms with Crippen LogP contribution in [0.2, 0.25) is 0 Å². The van der Waals surface area contributed by atoms with Gasteiger partial charge >= 0.3 is 6.18 Å². The molecule has 88 valence electrons. The van der Waals surface area contributed by atoms with Crippen LogP contribution in [0.15, 0.2) is 22.7 Å². The van der Waals surface area contributed by atoms with Gasteiger partial charge in [-0.2, -0.15) is 13.2 Å². The van der Waals surface area contributed by atoms with Gasteiger partial charge in [0.05, 0.1) is 12.2 Å². The lowest BCUT2D eigenvalue weighted by Gasteiger charge is -2.11. The van der Waals surface area contributed by atoms with E-state index in [2.05, 4.69) is 15.9 Å². The monoisotopic (exact) mass is 296 g/mol. The Morgan fingerprint density at radius 1 is 1.44 bits per heavy atom. The minimum absolute atomic E-state index is 0.00928. The van der Waals surface area contributed by atoms with Crippen LogP contribution in [0.25, 0.3) is 0 Å². The third kappa shape index (κ3) is 2.89. The van der Waals surface area contributed by atoms with Gasteiger partial charge in [0.15, 0.2) is 0 Å². The van der Waals surface area contributed by atoms with Crippen LogP contribution in [0.4, 0.5) is 13.2 Å². The Hall–Kier alpha value is -0.750. The zero-order valence-electron chi connectivity index (χ0n) is 8.05. The van der Waals surface area contributed by atoms with Crippen LogP contribution in [0, 0.1) is 0 Å². The maximum absolute atomic E-state index is 12.5. The summed E-state index contributed by atoms with van der Waals surface area (Å²) in [6, 6.07) is 3.79. The highest BCUT2D eigenvalue weighted by Crippen LogP contribution is 2.36. The number of benzene rings is 1. The Kier molecular flexibility index (Phi) is 3.12. The number of hydrogen-bond acceptors (Lipinski definition) is 2. The molecule has 0 aliphatic carbocycles. The van der Waals surface area contributed by atoms with Crippen molar-refractivity contribution >= 4 is 15.9 Å². The van der Waals surface area contributed by atoms with Gasteiger partial charge in [-0.25, -0.2) is 0 Å². The Morgan fingerprint density at radius 2 is 2.12 bits per heavy atom. The van der Waals surface area contributed by atoms with Crippen molar-refractivity contribution in [2.45, 2.75) is 12.3 Å². The summed E-state index contributed by atoms with van der Waals surface area (Å²) in [5.41, 5.74) is -0.735. The van der Waals surface area contributed by atoms with Gasteiger partial charge in [-0.1, -0.05) is 15.9 Å². The third-order valence-corrected chi connectivity index (χ3v) is 2.77. The molecule has 1 saturated heterocycles. The summed E-state index contributed by atoms with van der Waals surface area (Å²) in [5.74, 6) is 0.200. The molecule has 1 aromatic carbocycles. The molecule has 1 fully saturated rings. The maximum atomic E-state index is 12.5. The third-order valence-electron chi connectivity index (χ3n) is 2.08. The number of ether oxygens (including phenoxy) is 2. The van der Waals surface area contributed by atoms with Gasteiger partial charge < -0.3 is 9.47 Å². The first-order valence-corrected chi connectivity index (χ1v) is 5.37. The second-order valence-corrected chi connectivity index (χ2v) is 4.26. The van der Waals surface area contributed by atoms with Crippen molar-refractivity contribution in [2.24, 2.45) is 0 Å². The Balaban J connectivity index is 2.13. The molecular weight excluding hydrogens is 289 g/mol. The van der Waals surface area contributed by atoms with E-state index in [-0.39, 0.29) is 16.3 Å². The van der Waals surface area contributed by atoms with Crippen LogP contribution in [0.3, 0.4) is 0 Å². The van der Waals surface area contributed by atoms with Gasteiger partial charge in [-0.15, -0.1) is 0 Å². The van der Waals surface area contributed by atoms with Crippen LogP contribution >= 0.6 is 15.9 Å². The van der Waals surface area contributed by atoms with Crippen LogP contribution < -0.4 is 4.74 Å². The second kappa shape index (κ2) is 4.25. The van der Waals surface area contributed by atoms with Gasteiger partial charge in [-0.05, 0) is 18.2 Å². The molecule has 1 aliphatic heterocycles. The van der Waals surface area contributed by atoms with Crippen LogP contribution in [-0.2, 0) is 10.9 Å². The molecule has 2 rings (SSSR count). The summed E-state index contributed by atoms with van der Waals surface area (Å²) < 4.78 is 47.7. The van der Waals surface area contributed by atoms with Crippen molar-refractivity contribution < 1.29 is 22.6 Å². The molecule has 1 aliphatic rings. The average Bonchev–Trinajstić information content (AvgIpc) is 2.98. The van der Waals surface area contributed by atoms with Crippen LogP contribution in [-0.4, -0.2) is 19.3 Å². The first-order valence-electron chi connectivity index (χ1n) is 4.58. The molecule has 6 heteroatoms. The van der Waals surface area contributed by atoms with E-state index in [1.807, 2.05) is 0 Å². The standard InChI is InChI=1S/C10H8BrF3O2/c11-9-2-1-6(15-4-7-5-16-7)3-8(9)10(12,13)14/h1-3,7H,4-5H2. The highest BCUT2D eigenvalue weighted by Gasteiger charge is 2.33. The van der Waals surface area contributed by atoms with Gasteiger partial charge in [0, 0.05) is 4.47 Å².